The van der Waals surface area contributed by atoms with E-state index < -0.39 is 0 Å². The summed E-state index contributed by atoms with van der Waals surface area (Å²) in [5, 5.41) is 3.22. The Balaban J connectivity index is 3.00. The van der Waals surface area contributed by atoms with Gasteiger partial charge in [-0.1, -0.05) is 13.8 Å². The van der Waals surface area contributed by atoms with Gasteiger partial charge in [-0.15, -0.1) is 0 Å². The van der Waals surface area contributed by atoms with Crippen molar-refractivity contribution in [2.75, 3.05) is 19.0 Å². The molecule has 5 heteroatoms. The Morgan fingerprint density at radius 2 is 2.19 bits per heavy atom. The summed E-state index contributed by atoms with van der Waals surface area (Å²) in [4.78, 5) is 8.83. The highest BCUT2D eigenvalue weighted by Crippen LogP contribution is 2.24. The number of methoxy groups -OCH3 is 1. The molecule has 0 aromatic carbocycles. The smallest absolute Gasteiger partial charge is 0.159 e. The number of anilines is 1. The van der Waals surface area contributed by atoms with Gasteiger partial charge in [-0.2, -0.15) is 0 Å². The molecule has 1 unspecified atom stereocenters. The largest absolute Gasteiger partial charge is 0.373 e. The lowest BCUT2D eigenvalue weighted by atomic mass is 10.1. The second kappa shape index (κ2) is 6.34. The summed E-state index contributed by atoms with van der Waals surface area (Å²) in [5.74, 6) is 1.99. The molecule has 0 aliphatic carbocycles. The third-order valence-corrected chi connectivity index (χ3v) is 3.01. The molecule has 0 bridgehead atoms. The molecule has 0 spiro atoms. The van der Waals surface area contributed by atoms with Crippen LogP contribution in [0, 0.1) is 9.49 Å². The first-order valence-electron chi connectivity index (χ1n) is 5.39. The minimum Gasteiger partial charge on any atom is -0.373 e. The van der Waals surface area contributed by atoms with Crippen molar-refractivity contribution in [1.29, 1.82) is 0 Å². The summed E-state index contributed by atoms with van der Waals surface area (Å²) in [6.45, 7) is 7.10. The highest BCUT2D eigenvalue weighted by molar-refractivity contribution is 14.1. The topological polar surface area (TPSA) is 47.0 Å². The summed E-state index contributed by atoms with van der Waals surface area (Å²) in [5.41, 5.74) is 0. The number of hydrogen-bond donors (Lipinski definition) is 1. The number of aromatic nitrogens is 2. The van der Waals surface area contributed by atoms with E-state index in [4.69, 9.17) is 4.74 Å². The van der Waals surface area contributed by atoms with Gasteiger partial charge in [0.25, 0.3) is 0 Å². The van der Waals surface area contributed by atoms with Crippen LogP contribution in [0.15, 0.2) is 6.20 Å². The average Bonchev–Trinajstić information content (AvgIpc) is 2.23. The normalized spacial score (nSPS) is 12.9. The minimum atomic E-state index is -0.0468. The molecular weight excluding hydrogens is 317 g/mol. The van der Waals surface area contributed by atoms with Gasteiger partial charge >= 0.3 is 0 Å². The number of nitrogens with one attached hydrogen (secondary N) is 1. The van der Waals surface area contributed by atoms with Crippen LogP contribution in [0.4, 0.5) is 5.82 Å². The van der Waals surface area contributed by atoms with Gasteiger partial charge < -0.3 is 10.1 Å². The summed E-state index contributed by atoms with van der Waals surface area (Å²) >= 11 is 2.22. The van der Waals surface area contributed by atoms with Crippen molar-refractivity contribution in [3.8, 4) is 0 Å². The van der Waals surface area contributed by atoms with Crippen molar-refractivity contribution in [3.05, 3.63) is 15.6 Å². The predicted molar refractivity (Wildman–Crippen MR) is 73.5 cm³/mol. The van der Waals surface area contributed by atoms with Gasteiger partial charge in [0.15, 0.2) is 5.82 Å². The van der Waals surface area contributed by atoms with Crippen molar-refractivity contribution >= 4 is 28.4 Å². The van der Waals surface area contributed by atoms with Crippen LogP contribution in [0.1, 0.15) is 32.7 Å². The van der Waals surface area contributed by atoms with Crippen LogP contribution in [0.2, 0.25) is 0 Å². The predicted octanol–water partition coefficient (Wildman–Crippen LogP) is 2.86. The lowest BCUT2D eigenvalue weighted by Gasteiger charge is -2.18. The molecule has 1 aromatic rings. The molecule has 1 rings (SSSR count). The van der Waals surface area contributed by atoms with E-state index in [1.54, 1.807) is 7.11 Å². The zero-order valence-electron chi connectivity index (χ0n) is 10.1. The molecule has 0 radical (unpaired) electrons. The molecule has 0 amide bonds. The van der Waals surface area contributed by atoms with E-state index >= 15 is 0 Å². The maximum atomic E-state index is 5.42. The van der Waals surface area contributed by atoms with Crippen LogP contribution in [0.5, 0.6) is 0 Å². The van der Waals surface area contributed by atoms with E-state index in [0.717, 1.165) is 21.8 Å². The lowest BCUT2D eigenvalue weighted by molar-refractivity contribution is 0.0575. The lowest BCUT2D eigenvalue weighted by Crippen LogP contribution is -2.14. The fraction of sp³-hybridized carbons (Fsp3) is 0.636. The maximum absolute atomic E-state index is 5.42. The Kier molecular flexibility index (Phi) is 5.40. The molecule has 0 aliphatic rings. The molecule has 1 atom stereocenters. The molecule has 0 saturated carbocycles. The summed E-state index contributed by atoms with van der Waals surface area (Å²) in [6.07, 6.45) is 1.78. The average molecular weight is 335 g/mol. The quantitative estimate of drug-likeness (QED) is 0.841. The Hall–Kier alpha value is -0.430. The van der Waals surface area contributed by atoms with Crippen LogP contribution in [-0.2, 0) is 4.74 Å². The Labute approximate surface area is 110 Å². The number of halogens is 1. The number of hydrogen-bond acceptors (Lipinski definition) is 4. The van der Waals surface area contributed by atoms with Crippen LogP contribution < -0.4 is 5.32 Å². The van der Waals surface area contributed by atoms with Crippen LogP contribution in [-0.4, -0.2) is 23.6 Å². The van der Waals surface area contributed by atoms with Crippen molar-refractivity contribution in [1.82, 2.24) is 9.97 Å². The minimum absolute atomic E-state index is 0.0468. The first-order chi connectivity index (χ1) is 7.60. The fourth-order valence-electron chi connectivity index (χ4n) is 1.48. The maximum Gasteiger partial charge on any atom is 0.159 e. The Morgan fingerprint density at radius 1 is 1.50 bits per heavy atom. The van der Waals surface area contributed by atoms with Gasteiger partial charge in [-0.25, -0.2) is 9.97 Å². The van der Waals surface area contributed by atoms with Gasteiger partial charge in [0.2, 0.25) is 0 Å². The summed E-state index contributed by atoms with van der Waals surface area (Å²) in [7, 11) is 1.69. The SMILES string of the molecule is CCNc1nc(C(OC)C(C)C)ncc1I. The standard InChI is InChI=1S/C11H18IN3O/c1-5-13-10-8(12)6-14-11(15-10)9(16-4)7(2)3/h6-7,9H,5H2,1-4H3,(H,13,14,15). The van der Waals surface area contributed by atoms with E-state index in [1.807, 2.05) is 13.1 Å². The van der Waals surface area contributed by atoms with Gasteiger partial charge in [-0.3, -0.25) is 0 Å². The zero-order chi connectivity index (χ0) is 12.1. The summed E-state index contributed by atoms with van der Waals surface area (Å²) in [6, 6.07) is 0. The van der Waals surface area contributed by atoms with Gasteiger partial charge in [0.1, 0.15) is 11.9 Å². The highest BCUT2D eigenvalue weighted by Gasteiger charge is 2.19. The van der Waals surface area contributed by atoms with E-state index in [0.29, 0.717) is 5.92 Å². The van der Waals surface area contributed by atoms with Crippen LogP contribution >= 0.6 is 22.6 Å². The fourth-order valence-corrected chi connectivity index (χ4v) is 1.94. The van der Waals surface area contributed by atoms with Crippen LogP contribution in [0.25, 0.3) is 0 Å². The third-order valence-electron chi connectivity index (χ3n) is 2.22. The zero-order valence-corrected chi connectivity index (χ0v) is 12.3. The second-order valence-corrected chi connectivity index (χ2v) is 5.02. The molecular formula is C11H18IN3O. The first kappa shape index (κ1) is 13.6. The van der Waals surface area contributed by atoms with Crippen molar-refractivity contribution in [3.63, 3.8) is 0 Å². The van der Waals surface area contributed by atoms with Gasteiger partial charge in [-0.05, 0) is 35.4 Å². The molecule has 0 aliphatic heterocycles. The van der Waals surface area contributed by atoms with E-state index in [2.05, 4.69) is 51.7 Å². The molecule has 1 aromatic heterocycles. The molecule has 0 fully saturated rings. The molecule has 16 heavy (non-hydrogen) atoms. The molecule has 0 saturated heterocycles. The molecule has 90 valence electrons. The monoisotopic (exact) mass is 335 g/mol. The second-order valence-electron chi connectivity index (χ2n) is 3.86. The third kappa shape index (κ3) is 3.28. The Morgan fingerprint density at radius 3 is 2.69 bits per heavy atom. The first-order valence-corrected chi connectivity index (χ1v) is 6.47. The summed E-state index contributed by atoms with van der Waals surface area (Å²) < 4.78 is 6.45. The highest BCUT2D eigenvalue weighted by atomic mass is 127. The van der Waals surface area contributed by atoms with E-state index in [-0.39, 0.29) is 6.10 Å². The van der Waals surface area contributed by atoms with Crippen molar-refractivity contribution < 1.29 is 4.74 Å². The van der Waals surface area contributed by atoms with E-state index in [1.165, 1.54) is 0 Å². The van der Waals surface area contributed by atoms with Crippen LogP contribution in [0.3, 0.4) is 0 Å². The molecule has 1 N–H and O–H groups in total. The number of nitrogens with zero attached hydrogens (tertiary/aromatic N) is 2. The van der Waals surface area contributed by atoms with E-state index in [9.17, 15) is 0 Å². The van der Waals surface area contributed by atoms with Gasteiger partial charge in [0.05, 0.1) is 3.57 Å². The number of rotatable bonds is 5. The van der Waals surface area contributed by atoms with Gasteiger partial charge in [0, 0.05) is 19.9 Å². The number of ether oxygens (including phenoxy) is 1. The van der Waals surface area contributed by atoms with Crippen molar-refractivity contribution in [2.24, 2.45) is 5.92 Å². The molecule has 4 nitrogen and oxygen atoms in total. The molecule has 1 heterocycles. The Bertz CT molecular complexity index is 344. The van der Waals surface area contributed by atoms with Crippen molar-refractivity contribution in [2.45, 2.75) is 26.9 Å².